The van der Waals surface area contributed by atoms with Crippen LogP contribution in [0.15, 0.2) is 43.0 Å². The largest absolute Gasteiger partial charge is 0.335 e. The Hall–Kier alpha value is -2.30. The van der Waals surface area contributed by atoms with Crippen molar-refractivity contribution >= 4 is 17.6 Å². The van der Waals surface area contributed by atoms with Crippen LogP contribution in [0.3, 0.4) is 0 Å². The van der Waals surface area contributed by atoms with Crippen LogP contribution >= 0.6 is 0 Å². The highest BCUT2D eigenvalue weighted by Crippen LogP contribution is 2.18. The van der Waals surface area contributed by atoms with Crippen LogP contribution in [0.2, 0.25) is 0 Å². The molecule has 112 valence electrons. The Morgan fingerprint density at radius 1 is 1.33 bits per heavy atom. The van der Waals surface area contributed by atoms with Gasteiger partial charge < -0.3 is 15.5 Å². The fraction of sp³-hybridized carbons (Fsp3) is 0.375. The summed E-state index contributed by atoms with van der Waals surface area (Å²) in [4.78, 5) is 25.9. The van der Waals surface area contributed by atoms with Crippen LogP contribution in [0, 0.1) is 5.92 Å². The van der Waals surface area contributed by atoms with Gasteiger partial charge in [-0.1, -0.05) is 24.3 Å². The maximum Gasteiger partial charge on any atom is 0.317 e. The maximum atomic E-state index is 12.3. The molecule has 1 heterocycles. The molecule has 1 aromatic carbocycles. The Morgan fingerprint density at radius 2 is 2.10 bits per heavy atom. The molecule has 21 heavy (non-hydrogen) atoms. The Morgan fingerprint density at radius 3 is 2.81 bits per heavy atom. The van der Waals surface area contributed by atoms with Crippen molar-refractivity contribution in [1.29, 1.82) is 0 Å². The topological polar surface area (TPSA) is 61.4 Å². The Kier molecular flexibility index (Phi) is 5.37. The highest BCUT2D eigenvalue weighted by atomic mass is 16.2. The second kappa shape index (κ2) is 7.47. The molecule has 0 bridgehead atoms. The number of hydrogen-bond acceptors (Lipinski definition) is 2. The van der Waals surface area contributed by atoms with Gasteiger partial charge in [0.25, 0.3) is 0 Å². The number of benzene rings is 1. The Balaban J connectivity index is 1.89. The highest BCUT2D eigenvalue weighted by molar-refractivity contribution is 5.93. The van der Waals surface area contributed by atoms with Crippen LogP contribution in [0.4, 0.5) is 10.5 Å². The number of amides is 3. The second-order valence-electron chi connectivity index (χ2n) is 5.12. The number of nitrogens with zero attached hydrogens (tertiary/aromatic N) is 1. The van der Waals surface area contributed by atoms with Gasteiger partial charge in [-0.15, -0.1) is 6.58 Å². The first kappa shape index (κ1) is 15.1. The van der Waals surface area contributed by atoms with Gasteiger partial charge in [0.2, 0.25) is 5.91 Å². The summed E-state index contributed by atoms with van der Waals surface area (Å²) in [6.45, 7) is 5.16. The summed E-state index contributed by atoms with van der Waals surface area (Å²) in [5.41, 5.74) is 0.788. The van der Waals surface area contributed by atoms with Gasteiger partial charge in [0.05, 0.1) is 5.92 Å². The summed E-state index contributed by atoms with van der Waals surface area (Å²) in [6, 6.07) is 9.25. The molecule has 1 fully saturated rings. The van der Waals surface area contributed by atoms with E-state index < -0.39 is 0 Å². The summed E-state index contributed by atoms with van der Waals surface area (Å²) in [6.07, 6.45) is 3.29. The molecule has 5 heteroatoms. The molecule has 0 aliphatic carbocycles. The van der Waals surface area contributed by atoms with Crippen LogP contribution in [0.1, 0.15) is 12.8 Å². The predicted octanol–water partition coefficient (Wildman–Crippen LogP) is 2.23. The molecule has 2 N–H and O–H groups in total. The smallest absolute Gasteiger partial charge is 0.317 e. The lowest BCUT2D eigenvalue weighted by Crippen LogP contribution is -2.47. The van der Waals surface area contributed by atoms with E-state index >= 15 is 0 Å². The zero-order chi connectivity index (χ0) is 15.1. The molecule has 0 saturated carbocycles. The number of likely N-dealkylation sites (tertiary alicyclic amines) is 1. The van der Waals surface area contributed by atoms with Crippen molar-refractivity contribution in [3.05, 3.63) is 43.0 Å². The van der Waals surface area contributed by atoms with E-state index in [1.54, 1.807) is 11.0 Å². The van der Waals surface area contributed by atoms with Gasteiger partial charge in [-0.25, -0.2) is 4.79 Å². The second-order valence-corrected chi connectivity index (χ2v) is 5.12. The molecule has 3 amide bonds. The minimum Gasteiger partial charge on any atom is -0.335 e. The predicted molar refractivity (Wildman–Crippen MR) is 83.0 cm³/mol. The number of para-hydroxylation sites is 1. The first-order valence-corrected chi connectivity index (χ1v) is 7.20. The molecule has 1 atom stereocenters. The fourth-order valence-corrected chi connectivity index (χ4v) is 2.41. The molecule has 1 aliphatic rings. The van der Waals surface area contributed by atoms with Gasteiger partial charge in [0.15, 0.2) is 0 Å². The first-order valence-electron chi connectivity index (χ1n) is 7.20. The van der Waals surface area contributed by atoms with Crippen LogP contribution in [0.5, 0.6) is 0 Å². The normalized spacial score (nSPS) is 17.9. The molecule has 0 spiro atoms. The summed E-state index contributed by atoms with van der Waals surface area (Å²) < 4.78 is 0. The van der Waals surface area contributed by atoms with E-state index in [-0.39, 0.29) is 17.9 Å². The zero-order valence-corrected chi connectivity index (χ0v) is 12.0. The van der Waals surface area contributed by atoms with E-state index in [9.17, 15) is 9.59 Å². The van der Waals surface area contributed by atoms with Gasteiger partial charge in [0.1, 0.15) is 0 Å². The molecule has 1 aromatic rings. The van der Waals surface area contributed by atoms with Gasteiger partial charge in [-0.05, 0) is 25.0 Å². The number of rotatable bonds is 4. The number of urea groups is 1. The fourth-order valence-electron chi connectivity index (χ4n) is 2.41. The summed E-state index contributed by atoms with van der Waals surface area (Å²) in [5, 5.41) is 5.65. The Bertz CT molecular complexity index is 502. The van der Waals surface area contributed by atoms with E-state index in [0.717, 1.165) is 18.5 Å². The van der Waals surface area contributed by atoms with Gasteiger partial charge in [0, 0.05) is 25.3 Å². The molecule has 5 nitrogen and oxygen atoms in total. The monoisotopic (exact) mass is 287 g/mol. The van der Waals surface area contributed by atoms with Gasteiger partial charge >= 0.3 is 6.03 Å². The minimum absolute atomic E-state index is 0.0255. The number of piperidine rings is 1. The van der Waals surface area contributed by atoms with E-state index in [4.69, 9.17) is 0 Å². The molecular formula is C16H21N3O2. The van der Waals surface area contributed by atoms with E-state index in [0.29, 0.717) is 19.6 Å². The molecule has 1 unspecified atom stereocenters. The average Bonchev–Trinajstić information content (AvgIpc) is 2.53. The number of carbonyl (C=O) groups is 2. The van der Waals surface area contributed by atoms with Crippen LogP contribution < -0.4 is 10.6 Å². The third kappa shape index (κ3) is 4.34. The van der Waals surface area contributed by atoms with Gasteiger partial charge in [-0.2, -0.15) is 0 Å². The Labute approximate surface area is 125 Å². The van der Waals surface area contributed by atoms with Crippen LogP contribution in [-0.2, 0) is 4.79 Å². The third-order valence-electron chi connectivity index (χ3n) is 3.52. The third-order valence-corrected chi connectivity index (χ3v) is 3.52. The highest BCUT2D eigenvalue weighted by Gasteiger charge is 2.28. The van der Waals surface area contributed by atoms with Crippen molar-refractivity contribution in [2.24, 2.45) is 5.92 Å². The average molecular weight is 287 g/mol. The van der Waals surface area contributed by atoms with Crippen molar-refractivity contribution in [3.8, 4) is 0 Å². The van der Waals surface area contributed by atoms with E-state index in [1.807, 2.05) is 30.3 Å². The standard InChI is InChI=1S/C16H21N3O2/c1-2-10-17-16(21)19-11-6-7-13(12-19)15(20)18-14-8-4-3-5-9-14/h2-5,8-9,13H,1,6-7,10-12H2,(H,17,21)(H,18,20). The number of hydrogen-bond donors (Lipinski definition) is 2. The molecular weight excluding hydrogens is 266 g/mol. The van der Waals surface area contributed by atoms with E-state index in [1.165, 1.54) is 0 Å². The number of nitrogens with one attached hydrogen (secondary N) is 2. The molecule has 0 aromatic heterocycles. The summed E-state index contributed by atoms with van der Waals surface area (Å²) in [5.74, 6) is -0.184. The van der Waals surface area contributed by atoms with Crippen LogP contribution in [-0.4, -0.2) is 36.5 Å². The lowest BCUT2D eigenvalue weighted by Gasteiger charge is -2.32. The molecule has 1 saturated heterocycles. The number of anilines is 1. The number of carbonyl (C=O) groups excluding carboxylic acids is 2. The quantitative estimate of drug-likeness (QED) is 0.834. The van der Waals surface area contributed by atoms with Gasteiger partial charge in [-0.3, -0.25) is 4.79 Å². The molecule has 1 aliphatic heterocycles. The van der Waals surface area contributed by atoms with Crippen molar-refractivity contribution in [2.45, 2.75) is 12.8 Å². The first-order chi connectivity index (χ1) is 10.2. The van der Waals surface area contributed by atoms with Crippen molar-refractivity contribution in [1.82, 2.24) is 10.2 Å². The lowest BCUT2D eigenvalue weighted by atomic mass is 9.97. The molecule has 0 radical (unpaired) electrons. The minimum atomic E-state index is -0.159. The zero-order valence-electron chi connectivity index (χ0n) is 12.0. The maximum absolute atomic E-state index is 12.3. The lowest BCUT2D eigenvalue weighted by molar-refractivity contribution is -0.121. The van der Waals surface area contributed by atoms with Crippen molar-refractivity contribution < 1.29 is 9.59 Å². The van der Waals surface area contributed by atoms with E-state index in [2.05, 4.69) is 17.2 Å². The molecule has 2 rings (SSSR count). The van der Waals surface area contributed by atoms with Crippen LogP contribution in [0.25, 0.3) is 0 Å². The summed E-state index contributed by atoms with van der Waals surface area (Å²) in [7, 11) is 0. The van der Waals surface area contributed by atoms with Crippen molar-refractivity contribution in [3.63, 3.8) is 0 Å². The summed E-state index contributed by atoms with van der Waals surface area (Å²) >= 11 is 0. The SMILES string of the molecule is C=CCNC(=O)N1CCCC(C(=O)Nc2ccccc2)C1. The van der Waals surface area contributed by atoms with Crippen molar-refractivity contribution in [2.75, 3.05) is 25.0 Å².